The van der Waals surface area contributed by atoms with Crippen LogP contribution in [0.15, 0.2) is 103 Å². The average molecular weight is 511 g/mol. The molecule has 0 aromatic heterocycles. The summed E-state index contributed by atoms with van der Waals surface area (Å²) in [5.74, 6) is 0. The first-order chi connectivity index (χ1) is 17.7. The molecule has 0 aliphatic carbocycles. The number of fused-ring (bicyclic) bond motifs is 2. The van der Waals surface area contributed by atoms with E-state index < -0.39 is 0 Å². The van der Waals surface area contributed by atoms with Crippen LogP contribution in [0, 0.1) is 0 Å². The highest BCUT2D eigenvalue weighted by molar-refractivity contribution is 6.30. The van der Waals surface area contributed by atoms with Crippen molar-refractivity contribution in [2.45, 2.75) is 25.7 Å². The van der Waals surface area contributed by atoms with Crippen LogP contribution in [0.25, 0.3) is 21.5 Å². The van der Waals surface area contributed by atoms with E-state index in [1.165, 1.54) is 38.2 Å². The minimum absolute atomic E-state index is 0.140. The van der Waals surface area contributed by atoms with E-state index in [2.05, 4.69) is 88.7 Å². The number of benzene rings is 5. The second-order valence-electron chi connectivity index (χ2n) is 9.65. The average Bonchev–Trinajstić information content (AvgIpc) is 2.90. The summed E-state index contributed by atoms with van der Waals surface area (Å²) in [6.07, 6.45) is 1.27. The highest BCUT2D eigenvalue weighted by atomic mass is 35.5. The van der Waals surface area contributed by atoms with Crippen LogP contribution in [-0.2, 0) is 13.1 Å². The predicted octanol–water partition coefficient (Wildman–Crippen LogP) is 8.71. The van der Waals surface area contributed by atoms with Gasteiger partial charge in [-0.1, -0.05) is 96.0 Å². The maximum absolute atomic E-state index is 6.20. The van der Waals surface area contributed by atoms with Crippen LogP contribution in [0.2, 0.25) is 10.0 Å². The van der Waals surface area contributed by atoms with Crippen LogP contribution >= 0.6 is 23.2 Å². The molecule has 1 saturated heterocycles. The molecule has 6 rings (SSSR count). The van der Waals surface area contributed by atoms with E-state index in [0.29, 0.717) is 0 Å². The quantitative estimate of drug-likeness (QED) is 0.218. The molecule has 5 aromatic rings. The van der Waals surface area contributed by atoms with Crippen LogP contribution in [0.1, 0.15) is 29.3 Å². The molecule has 1 heterocycles. The van der Waals surface area contributed by atoms with E-state index in [1.54, 1.807) is 0 Å². The standard InChI is InChI=1S/C32H28Cl2N2/c33-27-14-10-23(11-15-27)21-35-18-5-19-36(22-24-12-16-28(34)17-13-24)32(35)31-29-8-3-1-6-25(29)20-26-7-2-4-9-30(26)31/h1-4,6-17,20,32H,5,18-19,21-22H2. The van der Waals surface area contributed by atoms with Gasteiger partial charge < -0.3 is 0 Å². The summed E-state index contributed by atoms with van der Waals surface area (Å²) in [6, 6.07) is 36.6. The zero-order chi connectivity index (χ0) is 24.5. The molecule has 0 unspecified atom stereocenters. The van der Waals surface area contributed by atoms with E-state index >= 15 is 0 Å². The van der Waals surface area contributed by atoms with Crippen molar-refractivity contribution in [2.24, 2.45) is 0 Å². The Morgan fingerprint density at radius 3 is 1.50 bits per heavy atom. The number of hydrogen-bond donors (Lipinski definition) is 0. The normalized spacial score (nSPS) is 15.6. The van der Waals surface area contributed by atoms with Crippen molar-refractivity contribution in [3.05, 3.63) is 130 Å². The van der Waals surface area contributed by atoms with Gasteiger partial charge >= 0.3 is 0 Å². The zero-order valence-electron chi connectivity index (χ0n) is 20.1. The Morgan fingerprint density at radius 2 is 1.03 bits per heavy atom. The molecule has 4 heteroatoms. The van der Waals surface area contributed by atoms with Crippen molar-refractivity contribution in [3.63, 3.8) is 0 Å². The Balaban J connectivity index is 1.51. The molecule has 0 amide bonds. The van der Waals surface area contributed by atoms with Crippen LogP contribution in [0.4, 0.5) is 0 Å². The Bertz CT molecular complexity index is 1390. The molecular weight excluding hydrogens is 483 g/mol. The lowest BCUT2D eigenvalue weighted by atomic mass is 9.92. The van der Waals surface area contributed by atoms with Gasteiger partial charge in [0.1, 0.15) is 0 Å². The molecule has 1 aliphatic heterocycles. The first-order valence-corrected chi connectivity index (χ1v) is 13.3. The SMILES string of the molecule is Clc1ccc(CN2CCCN(Cc3ccc(Cl)cc3)C2c2c3ccccc3cc3ccccc23)cc1. The fourth-order valence-electron chi connectivity index (χ4n) is 5.62. The van der Waals surface area contributed by atoms with Crippen LogP contribution in [0.5, 0.6) is 0 Å². The van der Waals surface area contributed by atoms with Crippen molar-refractivity contribution in [3.8, 4) is 0 Å². The molecule has 2 nitrogen and oxygen atoms in total. The number of halogens is 2. The highest BCUT2D eigenvalue weighted by Crippen LogP contribution is 2.40. The van der Waals surface area contributed by atoms with Gasteiger partial charge in [-0.2, -0.15) is 0 Å². The molecule has 0 spiro atoms. The lowest BCUT2D eigenvalue weighted by molar-refractivity contribution is -0.00734. The Labute approximate surface area is 222 Å². The monoisotopic (exact) mass is 510 g/mol. The molecular formula is C32H28Cl2N2. The molecule has 0 radical (unpaired) electrons. The van der Waals surface area contributed by atoms with Crippen molar-refractivity contribution < 1.29 is 0 Å². The summed E-state index contributed by atoms with van der Waals surface area (Å²) in [7, 11) is 0. The van der Waals surface area contributed by atoms with E-state index in [4.69, 9.17) is 23.2 Å². The minimum Gasteiger partial charge on any atom is -0.280 e. The minimum atomic E-state index is 0.140. The predicted molar refractivity (Wildman–Crippen MR) is 153 cm³/mol. The molecule has 0 N–H and O–H groups in total. The fraction of sp³-hybridized carbons (Fsp3) is 0.188. The summed E-state index contributed by atoms with van der Waals surface area (Å²) in [5, 5.41) is 6.77. The van der Waals surface area contributed by atoms with Gasteiger partial charge in [0, 0.05) is 36.2 Å². The number of hydrogen-bond acceptors (Lipinski definition) is 2. The van der Waals surface area contributed by atoms with Crippen molar-refractivity contribution in [1.29, 1.82) is 0 Å². The third kappa shape index (κ3) is 4.75. The summed E-state index contributed by atoms with van der Waals surface area (Å²) >= 11 is 12.4. The molecule has 180 valence electrons. The molecule has 0 atom stereocenters. The zero-order valence-corrected chi connectivity index (χ0v) is 21.6. The van der Waals surface area contributed by atoms with Crippen LogP contribution < -0.4 is 0 Å². The lowest BCUT2D eigenvalue weighted by Crippen LogP contribution is -2.47. The van der Waals surface area contributed by atoms with Crippen molar-refractivity contribution >= 4 is 44.7 Å². The second kappa shape index (κ2) is 10.2. The molecule has 1 fully saturated rings. The highest BCUT2D eigenvalue weighted by Gasteiger charge is 2.33. The third-order valence-corrected chi connectivity index (χ3v) is 7.76. The largest absolute Gasteiger partial charge is 0.280 e. The second-order valence-corrected chi connectivity index (χ2v) is 10.5. The van der Waals surface area contributed by atoms with Gasteiger partial charge in [-0.05, 0) is 75.0 Å². The van der Waals surface area contributed by atoms with Crippen molar-refractivity contribution in [2.75, 3.05) is 13.1 Å². The van der Waals surface area contributed by atoms with Gasteiger partial charge in [-0.3, -0.25) is 9.80 Å². The smallest absolute Gasteiger partial charge is 0.0904 e. The van der Waals surface area contributed by atoms with Crippen LogP contribution in [-0.4, -0.2) is 22.9 Å². The maximum atomic E-state index is 6.20. The number of nitrogens with zero attached hydrogens (tertiary/aromatic N) is 2. The Hall–Kier alpha value is -2.88. The topological polar surface area (TPSA) is 6.48 Å². The molecule has 5 aromatic carbocycles. The molecule has 1 aliphatic rings. The lowest BCUT2D eigenvalue weighted by Gasteiger charge is -2.45. The first kappa shape index (κ1) is 23.5. The molecule has 0 bridgehead atoms. The molecule has 0 saturated carbocycles. The first-order valence-electron chi connectivity index (χ1n) is 12.5. The van der Waals surface area contributed by atoms with Crippen molar-refractivity contribution in [1.82, 2.24) is 9.80 Å². The summed E-state index contributed by atoms with van der Waals surface area (Å²) < 4.78 is 0. The summed E-state index contributed by atoms with van der Waals surface area (Å²) in [6.45, 7) is 3.83. The van der Waals surface area contributed by atoms with E-state index in [-0.39, 0.29) is 6.17 Å². The van der Waals surface area contributed by atoms with Gasteiger partial charge in [-0.25, -0.2) is 0 Å². The van der Waals surface area contributed by atoms with Gasteiger partial charge in [0.25, 0.3) is 0 Å². The Kier molecular flexibility index (Phi) is 6.69. The fourth-order valence-corrected chi connectivity index (χ4v) is 5.88. The van der Waals surface area contributed by atoms with E-state index in [9.17, 15) is 0 Å². The summed E-state index contributed by atoms with van der Waals surface area (Å²) in [5.41, 5.74) is 3.95. The van der Waals surface area contributed by atoms with Gasteiger partial charge in [0.05, 0.1) is 6.17 Å². The Morgan fingerprint density at radius 1 is 0.583 bits per heavy atom. The van der Waals surface area contributed by atoms with Crippen LogP contribution in [0.3, 0.4) is 0 Å². The van der Waals surface area contributed by atoms with E-state index in [1.807, 2.05) is 24.3 Å². The molecule has 36 heavy (non-hydrogen) atoms. The van der Waals surface area contributed by atoms with Gasteiger partial charge in [0.15, 0.2) is 0 Å². The summed E-state index contributed by atoms with van der Waals surface area (Å²) in [4.78, 5) is 5.27. The number of rotatable bonds is 5. The maximum Gasteiger partial charge on any atom is 0.0904 e. The van der Waals surface area contributed by atoms with E-state index in [0.717, 1.165) is 42.6 Å². The van der Waals surface area contributed by atoms with Gasteiger partial charge in [0.2, 0.25) is 0 Å². The third-order valence-electron chi connectivity index (χ3n) is 7.25. The van der Waals surface area contributed by atoms with Gasteiger partial charge in [-0.15, -0.1) is 0 Å².